The molecule has 3 rings (SSSR count). The first kappa shape index (κ1) is 21.9. The summed E-state index contributed by atoms with van der Waals surface area (Å²) in [6.45, 7) is 10.8. The van der Waals surface area contributed by atoms with E-state index >= 15 is 0 Å². The van der Waals surface area contributed by atoms with Crippen LogP contribution in [0.1, 0.15) is 56.9 Å². The Morgan fingerprint density at radius 3 is 2.33 bits per heavy atom. The van der Waals surface area contributed by atoms with E-state index < -0.39 is 11.0 Å². The number of ether oxygens (including phenoxy) is 2. The zero-order valence-corrected chi connectivity index (χ0v) is 18.5. The molecule has 5 heteroatoms. The van der Waals surface area contributed by atoms with Crippen LogP contribution in [0, 0.1) is 0 Å². The van der Waals surface area contributed by atoms with Crippen molar-refractivity contribution in [2.24, 2.45) is 0 Å². The molecular weight excluding hydrogens is 378 g/mol. The van der Waals surface area contributed by atoms with Gasteiger partial charge in [-0.15, -0.1) is 0 Å². The number of carbonyl (C=O) groups is 2. The number of rotatable bonds is 4. The average Bonchev–Trinajstić information content (AvgIpc) is 2.70. The Bertz CT molecular complexity index is 912. The third-order valence-corrected chi connectivity index (χ3v) is 5.31. The average molecular weight is 410 g/mol. The minimum Gasteiger partial charge on any atom is -0.459 e. The van der Waals surface area contributed by atoms with Crippen LogP contribution in [-0.4, -0.2) is 29.1 Å². The molecule has 0 saturated heterocycles. The Labute approximate surface area is 179 Å². The molecule has 0 aliphatic carbocycles. The first-order valence-corrected chi connectivity index (χ1v) is 10.4. The second kappa shape index (κ2) is 8.50. The molecule has 0 fully saturated rings. The van der Waals surface area contributed by atoms with Gasteiger partial charge in [-0.3, -0.25) is 4.79 Å². The van der Waals surface area contributed by atoms with E-state index in [2.05, 4.69) is 6.07 Å². The monoisotopic (exact) mass is 409 g/mol. The predicted molar refractivity (Wildman–Crippen MR) is 116 cm³/mol. The summed E-state index contributed by atoms with van der Waals surface area (Å²) < 4.78 is 11.1. The number of amides is 1. The maximum Gasteiger partial charge on any atom is 0.410 e. The Kier molecular flexibility index (Phi) is 6.20. The quantitative estimate of drug-likeness (QED) is 0.667. The number of fused-ring (bicyclic) bond motifs is 1. The van der Waals surface area contributed by atoms with Crippen molar-refractivity contribution in [1.29, 1.82) is 0 Å². The smallest absolute Gasteiger partial charge is 0.410 e. The van der Waals surface area contributed by atoms with Crippen LogP contribution in [0.5, 0.6) is 0 Å². The largest absolute Gasteiger partial charge is 0.459 e. The highest BCUT2D eigenvalue weighted by molar-refractivity contribution is 5.82. The lowest BCUT2D eigenvalue weighted by Gasteiger charge is -2.31. The Balaban J connectivity index is 1.66. The summed E-state index contributed by atoms with van der Waals surface area (Å²) in [5, 5.41) is 0. The van der Waals surface area contributed by atoms with E-state index in [0.29, 0.717) is 13.1 Å². The van der Waals surface area contributed by atoms with Crippen molar-refractivity contribution >= 4 is 12.1 Å². The van der Waals surface area contributed by atoms with Gasteiger partial charge in [0.2, 0.25) is 0 Å². The van der Waals surface area contributed by atoms with Crippen molar-refractivity contribution in [1.82, 2.24) is 4.90 Å². The van der Waals surface area contributed by atoms with Gasteiger partial charge in [-0.25, -0.2) is 4.79 Å². The van der Waals surface area contributed by atoms with E-state index in [9.17, 15) is 9.59 Å². The first-order valence-electron chi connectivity index (χ1n) is 10.4. The maximum absolute atomic E-state index is 12.7. The Morgan fingerprint density at radius 2 is 1.67 bits per heavy atom. The number of hydrogen-bond donors (Lipinski definition) is 0. The second-order valence-electron chi connectivity index (χ2n) is 9.32. The molecule has 1 amide bonds. The standard InChI is InChI=1S/C25H31NO4/c1-24(2,3)30-22(27)25(4,5)21-12-11-20-16-26(14-13-19(20)15-21)23(28)29-17-18-9-7-6-8-10-18/h6-12,15H,13-14,16-17H2,1-5H3. The van der Waals surface area contributed by atoms with Crippen LogP contribution >= 0.6 is 0 Å². The van der Waals surface area contributed by atoms with E-state index in [-0.39, 0.29) is 18.7 Å². The van der Waals surface area contributed by atoms with Gasteiger partial charge in [0.05, 0.1) is 5.41 Å². The molecule has 30 heavy (non-hydrogen) atoms. The van der Waals surface area contributed by atoms with Crippen LogP contribution in [0.25, 0.3) is 0 Å². The van der Waals surface area contributed by atoms with Gasteiger partial charge in [0.25, 0.3) is 0 Å². The highest BCUT2D eigenvalue weighted by Crippen LogP contribution is 2.30. The molecule has 0 saturated carbocycles. The van der Waals surface area contributed by atoms with E-state index in [1.807, 2.05) is 77.1 Å². The lowest BCUT2D eigenvalue weighted by molar-refractivity contribution is -0.160. The van der Waals surface area contributed by atoms with Crippen molar-refractivity contribution in [2.45, 2.75) is 65.2 Å². The fourth-order valence-electron chi connectivity index (χ4n) is 3.43. The van der Waals surface area contributed by atoms with Gasteiger partial charge in [-0.2, -0.15) is 0 Å². The zero-order valence-electron chi connectivity index (χ0n) is 18.5. The minimum atomic E-state index is -0.742. The molecule has 0 aromatic heterocycles. The van der Waals surface area contributed by atoms with E-state index in [4.69, 9.17) is 9.47 Å². The van der Waals surface area contributed by atoms with Gasteiger partial charge in [-0.1, -0.05) is 48.5 Å². The molecule has 160 valence electrons. The SMILES string of the molecule is CC(C)(C)OC(=O)C(C)(C)c1ccc2c(c1)CCN(C(=O)OCc1ccccc1)C2. The minimum absolute atomic E-state index is 0.239. The number of benzene rings is 2. The summed E-state index contributed by atoms with van der Waals surface area (Å²) in [7, 11) is 0. The lowest BCUT2D eigenvalue weighted by Crippen LogP contribution is -2.38. The summed E-state index contributed by atoms with van der Waals surface area (Å²) in [4.78, 5) is 26.9. The van der Waals surface area contributed by atoms with Crippen LogP contribution < -0.4 is 0 Å². The molecule has 0 radical (unpaired) electrons. The fraction of sp³-hybridized carbons (Fsp3) is 0.440. The van der Waals surface area contributed by atoms with Gasteiger partial charge >= 0.3 is 12.1 Å². The van der Waals surface area contributed by atoms with E-state index in [0.717, 1.165) is 28.7 Å². The van der Waals surface area contributed by atoms with E-state index in [1.165, 1.54) is 0 Å². The molecule has 0 N–H and O–H groups in total. The van der Waals surface area contributed by atoms with Gasteiger partial charge < -0.3 is 14.4 Å². The topological polar surface area (TPSA) is 55.8 Å². The van der Waals surface area contributed by atoms with Crippen LogP contribution in [-0.2, 0) is 39.3 Å². The molecule has 0 unspecified atom stereocenters. The van der Waals surface area contributed by atoms with Crippen LogP contribution in [0.3, 0.4) is 0 Å². The molecule has 5 nitrogen and oxygen atoms in total. The first-order chi connectivity index (χ1) is 14.1. The summed E-state index contributed by atoms with van der Waals surface area (Å²) in [5.41, 5.74) is 2.88. The van der Waals surface area contributed by atoms with Gasteiger partial charge in [-0.05, 0) is 63.3 Å². The fourth-order valence-corrected chi connectivity index (χ4v) is 3.43. The number of nitrogens with zero attached hydrogens (tertiary/aromatic N) is 1. The predicted octanol–water partition coefficient (Wildman–Crippen LogP) is 5.00. The molecule has 1 aliphatic heterocycles. The van der Waals surface area contributed by atoms with Crippen molar-refractivity contribution < 1.29 is 19.1 Å². The van der Waals surface area contributed by atoms with Crippen LogP contribution in [0.15, 0.2) is 48.5 Å². The summed E-state index contributed by atoms with van der Waals surface area (Å²) >= 11 is 0. The second-order valence-corrected chi connectivity index (χ2v) is 9.32. The lowest BCUT2D eigenvalue weighted by atomic mass is 9.82. The molecule has 0 spiro atoms. The molecular formula is C25H31NO4. The molecule has 0 bridgehead atoms. The summed E-state index contributed by atoms with van der Waals surface area (Å²) in [6.07, 6.45) is 0.427. The Morgan fingerprint density at radius 1 is 0.967 bits per heavy atom. The molecule has 1 heterocycles. The highest BCUT2D eigenvalue weighted by Gasteiger charge is 2.35. The summed E-state index contributed by atoms with van der Waals surface area (Å²) in [6, 6.07) is 15.7. The van der Waals surface area contributed by atoms with Crippen LogP contribution in [0.4, 0.5) is 4.79 Å². The van der Waals surface area contributed by atoms with Crippen molar-refractivity contribution in [3.8, 4) is 0 Å². The summed E-state index contributed by atoms with van der Waals surface area (Å²) in [5.74, 6) is -0.239. The van der Waals surface area contributed by atoms with Gasteiger partial charge in [0, 0.05) is 13.1 Å². The number of hydrogen-bond acceptors (Lipinski definition) is 4. The third kappa shape index (κ3) is 5.21. The van der Waals surface area contributed by atoms with E-state index in [1.54, 1.807) is 4.90 Å². The number of esters is 1. The van der Waals surface area contributed by atoms with Gasteiger partial charge in [0.1, 0.15) is 12.2 Å². The maximum atomic E-state index is 12.7. The zero-order chi connectivity index (χ0) is 21.9. The normalized spacial score (nSPS) is 14.1. The van der Waals surface area contributed by atoms with Gasteiger partial charge in [0.15, 0.2) is 0 Å². The molecule has 0 atom stereocenters. The van der Waals surface area contributed by atoms with Crippen molar-refractivity contribution in [2.75, 3.05) is 6.54 Å². The van der Waals surface area contributed by atoms with Crippen molar-refractivity contribution in [3.63, 3.8) is 0 Å². The van der Waals surface area contributed by atoms with Crippen LogP contribution in [0.2, 0.25) is 0 Å². The molecule has 2 aromatic rings. The third-order valence-electron chi connectivity index (χ3n) is 5.31. The molecule has 2 aromatic carbocycles. The van der Waals surface area contributed by atoms with Crippen molar-refractivity contribution in [3.05, 3.63) is 70.8 Å². The molecule has 1 aliphatic rings. The highest BCUT2D eigenvalue weighted by atomic mass is 16.6. The number of carbonyl (C=O) groups excluding carboxylic acids is 2. The Hall–Kier alpha value is -2.82.